The average molecular weight is 545 g/mol. The molecule has 0 aromatic carbocycles. The summed E-state index contributed by atoms with van der Waals surface area (Å²) in [5, 5.41) is 6.44. The third-order valence-corrected chi connectivity index (χ3v) is 6.84. The van der Waals surface area contributed by atoms with Crippen LogP contribution in [0, 0.1) is 0 Å². The molecule has 3 aromatic heterocycles. The maximum atomic E-state index is 15.3. The number of pyridine rings is 2. The lowest BCUT2D eigenvalue weighted by atomic mass is 9.90. The van der Waals surface area contributed by atoms with E-state index < -0.39 is 35.8 Å². The zero-order chi connectivity index (χ0) is 27.1. The minimum absolute atomic E-state index is 0.0173. The van der Waals surface area contributed by atoms with E-state index >= 15 is 4.39 Å². The van der Waals surface area contributed by atoms with Gasteiger partial charge in [0.25, 0.3) is 0 Å². The number of fused-ring (bicyclic) bond motifs is 1. The van der Waals surface area contributed by atoms with Crippen LogP contribution in [0.15, 0.2) is 56.8 Å². The lowest BCUT2D eigenvalue weighted by Gasteiger charge is -2.28. The summed E-state index contributed by atoms with van der Waals surface area (Å²) in [7, 11) is 0. The smallest absolute Gasteiger partial charge is 0.443 e. The quantitative estimate of drug-likeness (QED) is 0.472. The summed E-state index contributed by atoms with van der Waals surface area (Å²) in [6.07, 6.45) is -1.41. The predicted molar refractivity (Wildman–Crippen MR) is 132 cm³/mol. The number of hydrogen-bond acceptors (Lipinski definition) is 9. The Bertz CT molecular complexity index is 1470. The number of halogens is 4. The second-order valence-electron chi connectivity index (χ2n) is 9.36. The van der Waals surface area contributed by atoms with Crippen LogP contribution in [0.2, 0.25) is 0 Å². The van der Waals surface area contributed by atoms with Crippen LogP contribution >= 0.6 is 0 Å². The summed E-state index contributed by atoms with van der Waals surface area (Å²) in [5.41, 5.74) is 3.99. The van der Waals surface area contributed by atoms with Crippen LogP contribution < -0.4 is 21.4 Å². The number of allylic oxidation sites excluding steroid dienone is 1. The van der Waals surface area contributed by atoms with Gasteiger partial charge >= 0.3 is 17.8 Å². The van der Waals surface area contributed by atoms with Crippen LogP contribution in [0.4, 0.5) is 23.4 Å². The molecule has 204 valence electrons. The number of oxazole rings is 1. The van der Waals surface area contributed by atoms with Gasteiger partial charge in [-0.25, -0.2) is 14.2 Å². The fourth-order valence-electron chi connectivity index (χ4n) is 4.79. The minimum atomic E-state index is -4.70. The summed E-state index contributed by atoms with van der Waals surface area (Å²) >= 11 is 0. The fourth-order valence-corrected chi connectivity index (χ4v) is 4.79. The second-order valence-corrected chi connectivity index (χ2v) is 9.36. The van der Waals surface area contributed by atoms with Gasteiger partial charge in [0.1, 0.15) is 17.4 Å². The summed E-state index contributed by atoms with van der Waals surface area (Å²) in [4.78, 5) is 23.5. The van der Waals surface area contributed by atoms with Gasteiger partial charge in [0.15, 0.2) is 0 Å². The van der Waals surface area contributed by atoms with E-state index in [0.29, 0.717) is 28.3 Å². The Morgan fingerprint density at radius 3 is 2.49 bits per heavy atom. The van der Waals surface area contributed by atoms with E-state index in [0.717, 1.165) is 32.0 Å². The Balaban J connectivity index is 1.16. The van der Waals surface area contributed by atoms with Crippen LogP contribution in [0.25, 0.3) is 6.08 Å². The monoisotopic (exact) mass is 545 g/mol. The molecule has 2 unspecified atom stereocenters. The van der Waals surface area contributed by atoms with E-state index in [1.54, 1.807) is 6.20 Å². The van der Waals surface area contributed by atoms with Crippen LogP contribution in [-0.4, -0.2) is 52.8 Å². The lowest BCUT2D eigenvalue weighted by Crippen LogP contribution is -2.43. The van der Waals surface area contributed by atoms with Crippen LogP contribution in [0.5, 0.6) is 0 Å². The standard InChI is InChI=1S/C25H23F4N7O3/c26-18-10-19-20(9-17(18)14-2-4-21(32-11-14)35-7-5-30-6-8-35)38-24(37)36(19)13-16-3-1-15(12-31-16)22-33-34-23(39-22)25(27,28)29/h1-4,10-12,17,22,30,33H,5-9,13H2. The molecule has 2 N–H and O–H groups in total. The molecule has 1 saturated heterocycles. The first kappa shape index (κ1) is 25.1. The van der Waals surface area contributed by atoms with E-state index in [9.17, 15) is 18.0 Å². The highest BCUT2D eigenvalue weighted by Crippen LogP contribution is 2.36. The molecule has 5 heterocycles. The Labute approximate surface area is 219 Å². The molecule has 2 atom stereocenters. The average Bonchev–Trinajstić information content (AvgIpc) is 3.55. The summed E-state index contributed by atoms with van der Waals surface area (Å²) in [6.45, 7) is 3.44. The van der Waals surface area contributed by atoms with Crippen LogP contribution in [-0.2, 0) is 17.7 Å². The van der Waals surface area contributed by atoms with Gasteiger partial charge in [-0.1, -0.05) is 6.07 Å². The predicted octanol–water partition coefficient (Wildman–Crippen LogP) is 2.83. The van der Waals surface area contributed by atoms with E-state index in [4.69, 9.17) is 9.15 Å². The number of rotatable bonds is 5. The molecule has 10 nitrogen and oxygen atoms in total. The Morgan fingerprint density at radius 2 is 1.82 bits per heavy atom. The molecule has 3 aliphatic rings. The van der Waals surface area contributed by atoms with Crippen molar-refractivity contribution in [2.24, 2.45) is 5.10 Å². The zero-order valence-corrected chi connectivity index (χ0v) is 20.4. The molecule has 2 aliphatic heterocycles. The Hall–Kier alpha value is -4.20. The van der Waals surface area contributed by atoms with E-state index in [2.05, 4.69) is 30.7 Å². The highest BCUT2D eigenvalue weighted by Gasteiger charge is 2.43. The van der Waals surface area contributed by atoms with Gasteiger partial charge in [0, 0.05) is 56.5 Å². The number of hydrogen-bond donors (Lipinski definition) is 2. The van der Waals surface area contributed by atoms with E-state index in [1.165, 1.54) is 29.0 Å². The maximum absolute atomic E-state index is 15.3. The van der Waals surface area contributed by atoms with Gasteiger partial charge in [0.2, 0.25) is 6.23 Å². The van der Waals surface area contributed by atoms with Gasteiger partial charge in [-0.15, -0.1) is 5.10 Å². The van der Waals surface area contributed by atoms with Crippen molar-refractivity contribution in [3.63, 3.8) is 0 Å². The normalized spacial score (nSPS) is 21.1. The van der Waals surface area contributed by atoms with Crippen molar-refractivity contribution >= 4 is 17.8 Å². The van der Waals surface area contributed by atoms with Gasteiger partial charge in [-0.05, 0) is 29.8 Å². The van der Waals surface area contributed by atoms with E-state index in [1.807, 2.05) is 12.1 Å². The SMILES string of the molecule is O=c1oc2c(n1Cc1ccc(C3NN=C(C(F)(F)F)O3)cn1)C=C(F)C(c1ccc(N3CCNCC3)nc1)C2. The number of nitrogens with zero attached hydrogens (tertiary/aromatic N) is 5. The number of hydrazone groups is 1. The fraction of sp³-hybridized carbons (Fsp3) is 0.360. The third kappa shape index (κ3) is 4.99. The molecule has 6 rings (SSSR count). The van der Waals surface area contributed by atoms with Crippen molar-refractivity contribution < 1.29 is 26.7 Å². The number of aromatic nitrogens is 3. The molecule has 1 fully saturated rings. The highest BCUT2D eigenvalue weighted by molar-refractivity contribution is 5.82. The number of piperazine rings is 1. The lowest BCUT2D eigenvalue weighted by molar-refractivity contribution is -0.0796. The topological polar surface area (TPSA) is 110 Å². The van der Waals surface area contributed by atoms with Crippen LogP contribution in [0.3, 0.4) is 0 Å². The van der Waals surface area contributed by atoms with Gasteiger partial charge in [0.05, 0.1) is 17.9 Å². The highest BCUT2D eigenvalue weighted by atomic mass is 19.4. The first-order valence-corrected chi connectivity index (χ1v) is 12.3. The molecular formula is C25H23F4N7O3. The molecule has 1 aliphatic carbocycles. The molecule has 0 saturated carbocycles. The minimum Gasteiger partial charge on any atom is -0.443 e. The van der Waals surface area contributed by atoms with Crippen LogP contribution in [0.1, 0.15) is 40.4 Å². The van der Waals surface area contributed by atoms with Crippen molar-refractivity contribution in [2.75, 3.05) is 31.1 Å². The van der Waals surface area contributed by atoms with Crippen molar-refractivity contribution in [3.05, 3.63) is 81.3 Å². The first-order valence-electron chi connectivity index (χ1n) is 12.3. The third-order valence-electron chi connectivity index (χ3n) is 6.84. The molecule has 0 amide bonds. The number of anilines is 1. The molecule has 39 heavy (non-hydrogen) atoms. The molecular weight excluding hydrogens is 522 g/mol. The van der Waals surface area contributed by atoms with Gasteiger partial charge < -0.3 is 19.4 Å². The second kappa shape index (κ2) is 9.84. The molecule has 14 heteroatoms. The zero-order valence-electron chi connectivity index (χ0n) is 20.4. The molecule has 0 spiro atoms. The number of alkyl halides is 3. The van der Waals surface area contributed by atoms with Crippen molar-refractivity contribution in [1.29, 1.82) is 0 Å². The van der Waals surface area contributed by atoms with Crippen molar-refractivity contribution in [1.82, 2.24) is 25.3 Å². The summed E-state index contributed by atoms with van der Waals surface area (Å²) in [6, 6.07) is 6.77. The maximum Gasteiger partial charge on any atom is 0.470 e. The van der Waals surface area contributed by atoms with E-state index in [-0.39, 0.29) is 13.0 Å². The summed E-state index contributed by atoms with van der Waals surface area (Å²) < 4.78 is 65.0. The Morgan fingerprint density at radius 1 is 1.05 bits per heavy atom. The summed E-state index contributed by atoms with van der Waals surface area (Å²) in [5.74, 6) is -1.88. The molecule has 3 aromatic rings. The molecule has 0 radical (unpaired) electrons. The molecule has 0 bridgehead atoms. The largest absolute Gasteiger partial charge is 0.470 e. The van der Waals surface area contributed by atoms with Gasteiger partial charge in [-0.3, -0.25) is 15.0 Å². The van der Waals surface area contributed by atoms with Gasteiger partial charge in [-0.2, -0.15) is 13.2 Å². The van der Waals surface area contributed by atoms with Crippen molar-refractivity contribution in [2.45, 2.75) is 31.3 Å². The Kier molecular flexibility index (Phi) is 6.33. The number of nitrogens with one attached hydrogen (secondary N) is 2. The number of ether oxygens (including phenoxy) is 1. The first-order chi connectivity index (χ1) is 18.8. The van der Waals surface area contributed by atoms with Crippen molar-refractivity contribution in [3.8, 4) is 0 Å².